The van der Waals surface area contributed by atoms with Crippen molar-refractivity contribution in [2.45, 2.75) is 26.4 Å². The van der Waals surface area contributed by atoms with Crippen molar-refractivity contribution in [3.8, 4) is 0 Å². The molecule has 1 atom stereocenters. The number of aryl methyl sites for hydroxylation is 1. The van der Waals surface area contributed by atoms with Crippen LogP contribution in [0.4, 0.5) is 4.39 Å². The molecule has 0 aliphatic heterocycles. The molecule has 3 rings (SSSR count). The van der Waals surface area contributed by atoms with Crippen LogP contribution in [0, 0.1) is 12.7 Å². The lowest BCUT2D eigenvalue weighted by Crippen LogP contribution is -2.35. The van der Waals surface area contributed by atoms with Crippen LogP contribution in [-0.4, -0.2) is 20.9 Å². The van der Waals surface area contributed by atoms with Crippen molar-refractivity contribution < 1.29 is 9.18 Å². The predicted octanol–water partition coefficient (Wildman–Crippen LogP) is 2.12. The second-order valence-electron chi connectivity index (χ2n) is 5.89. The van der Waals surface area contributed by atoms with Crippen molar-refractivity contribution in [1.29, 1.82) is 0 Å². The summed E-state index contributed by atoms with van der Waals surface area (Å²) < 4.78 is 14.7. The van der Waals surface area contributed by atoms with Gasteiger partial charge in [0.15, 0.2) is 0 Å². The Balaban J connectivity index is 1.78. The summed E-state index contributed by atoms with van der Waals surface area (Å²) in [6, 6.07) is 11.7. The second-order valence-corrected chi connectivity index (χ2v) is 5.89. The fourth-order valence-corrected chi connectivity index (χ4v) is 2.54. The summed E-state index contributed by atoms with van der Waals surface area (Å²) in [5.41, 5.74) is 1.56. The smallest absolute Gasteiger partial charge is 0.281 e. The van der Waals surface area contributed by atoms with Crippen molar-refractivity contribution in [3.05, 3.63) is 69.8 Å². The summed E-state index contributed by atoms with van der Waals surface area (Å²) in [5, 5.41) is 10.1. The third kappa shape index (κ3) is 3.55. The molecule has 0 unspecified atom stereocenters. The van der Waals surface area contributed by atoms with Crippen LogP contribution in [-0.2, 0) is 11.3 Å². The summed E-state index contributed by atoms with van der Waals surface area (Å²) in [5.74, 6) is -1.08. The molecule has 128 valence electrons. The first-order valence-electron chi connectivity index (χ1n) is 7.83. The van der Waals surface area contributed by atoms with Gasteiger partial charge in [0.1, 0.15) is 23.3 Å². The zero-order chi connectivity index (χ0) is 18.0. The fraction of sp³-hybridized carbons (Fsp3) is 0.222. The van der Waals surface area contributed by atoms with Crippen LogP contribution in [0.15, 0.2) is 47.3 Å². The maximum Gasteiger partial charge on any atom is 0.281 e. The molecule has 0 saturated heterocycles. The number of fused-ring (bicyclic) bond motifs is 1. The van der Waals surface area contributed by atoms with Gasteiger partial charge in [0.05, 0.1) is 6.04 Å². The average molecular weight is 340 g/mol. The number of nitrogens with zero attached hydrogens (tertiary/aromatic N) is 3. The van der Waals surface area contributed by atoms with Gasteiger partial charge in [-0.05, 0) is 31.5 Å². The third-order valence-corrected chi connectivity index (χ3v) is 3.95. The van der Waals surface area contributed by atoms with E-state index in [-0.39, 0.29) is 23.5 Å². The quantitative estimate of drug-likeness (QED) is 0.789. The van der Waals surface area contributed by atoms with Gasteiger partial charge in [-0.15, -0.1) is 5.10 Å². The molecule has 0 fully saturated rings. The van der Waals surface area contributed by atoms with E-state index >= 15 is 0 Å². The zero-order valence-electron chi connectivity index (χ0n) is 13.9. The van der Waals surface area contributed by atoms with Crippen LogP contribution >= 0.6 is 0 Å². The van der Waals surface area contributed by atoms with Gasteiger partial charge >= 0.3 is 0 Å². The zero-order valence-corrected chi connectivity index (χ0v) is 13.9. The number of carbonyl (C=O) groups excluding carboxylic acids is 1. The Bertz CT molecular complexity index is 983. The molecule has 1 aromatic heterocycles. The Morgan fingerprint density at radius 2 is 1.96 bits per heavy atom. The van der Waals surface area contributed by atoms with Crippen LogP contribution in [0.1, 0.15) is 24.1 Å². The molecule has 0 aliphatic rings. The summed E-state index contributed by atoms with van der Waals surface area (Å²) in [7, 11) is 0. The number of benzene rings is 2. The van der Waals surface area contributed by atoms with Crippen LogP contribution < -0.4 is 10.9 Å². The summed E-state index contributed by atoms with van der Waals surface area (Å²) in [4.78, 5) is 24.5. The first-order chi connectivity index (χ1) is 12.0. The van der Waals surface area contributed by atoms with Gasteiger partial charge < -0.3 is 5.32 Å². The summed E-state index contributed by atoms with van der Waals surface area (Å²) in [6.07, 6.45) is 0. The molecule has 6 nitrogen and oxygen atoms in total. The number of rotatable bonds is 4. The van der Waals surface area contributed by atoms with Crippen LogP contribution in [0.5, 0.6) is 0 Å². The van der Waals surface area contributed by atoms with E-state index < -0.39 is 17.3 Å². The van der Waals surface area contributed by atoms with Crippen LogP contribution in [0.25, 0.3) is 10.9 Å². The van der Waals surface area contributed by atoms with E-state index in [1.807, 2.05) is 38.1 Å². The first kappa shape index (κ1) is 16.8. The molecule has 1 amide bonds. The summed E-state index contributed by atoms with van der Waals surface area (Å²) >= 11 is 0. The fourth-order valence-electron chi connectivity index (χ4n) is 2.54. The van der Waals surface area contributed by atoms with E-state index in [1.54, 1.807) is 0 Å². The molecule has 1 heterocycles. The highest BCUT2D eigenvalue weighted by Crippen LogP contribution is 2.13. The van der Waals surface area contributed by atoms with Crippen LogP contribution in [0.3, 0.4) is 0 Å². The van der Waals surface area contributed by atoms with Gasteiger partial charge in [-0.2, -0.15) is 0 Å². The van der Waals surface area contributed by atoms with E-state index in [1.165, 1.54) is 18.2 Å². The van der Waals surface area contributed by atoms with E-state index in [4.69, 9.17) is 0 Å². The number of hydrogen-bond donors (Lipinski definition) is 1. The summed E-state index contributed by atoms with van der Waals surface area (Å²) in [6.45, 7) is 3.50. The molecular weight excluding hydrogens is 323 g/mol. The second kappa shape index (κ2) is 6.80. The van der Waals surface area contributed by atoms with Crippen molar-refractivity contribution >= 4 is 16.8 Å². The number of hydrogen-bond acceptors (Lipinski definition) is 4. The standard InChI is InChI=1S/C18H17FN4O2/c1-11-6-8-13(9-7-11)12(2)20-16(24)10-23-18(25)17-14(19)4-3-5-15(17)21-22-23/h3-9,12H,10H2,1-2H3,(H,20,24)/t12-/m0/s1. The Morgan fingerprint density at radius 3 is 2.68 bits per heavy atom. The highest BCUT2D eigenvalue weighted by atomic mass is 19.1. The topological polar surface area (TPSA) is 76.9 Å². The lowest BCUT2D eigenvalue weighted by atomic mass is 10.1. The first-order valence-corrected chi connectivity index (χ1v) is 7.83. The third-order valence-electron chi connectivity index (χ3n) is 3.95. The Kier molecular flexibility index (Phi) is 4.56. The molecule has 25 heavy (non-hydrogen) atoms. The molecule has 3 aromatic rings. The van der Waals surface area contributed by atoms with Gasteiger partial charge in [-0.1, -0.05) is 41.1 Å². The lowest BCUT2D eigenvalue weighted by molar-refractivity contribution is -0.122. The number of amides is 1. The molecule has 7 heteroatoms. The molecule has 0 radical (unpaired) electrons. The lowest BCUT2D eigenvalue weighted by Gasteiger charge is -2.14. The van der Waals surface area contributed by atoms with E-state index in [0.29, 0.717) is 0 Å². The minimum Gasteiger partial charge on any atom is -0.348 e. The highest BCUT2D eigenvalue weighted by Gasteiger charge is 2.14. The molecule has 0 spiro atoms. The largest absolute Gasteiger partial charge is 0.348 e. The molecule has 0 saturated carbocycles. The van der Waals surface area contributed by atoms with Crippen LogP contribution in [0.2, 0.25) is 0 Å². The normalized spacial score (nSPS) is 12.1. The predicted molar refractivity (Wildman–Crippen MR) is 91.5 cm³/mol. The van der Waals surface area contributed by atoms with Crippen molar-refractivity contribution in [2.24, 2.45) is 0 Å². The van der Waals surface area contributed by atoms with Gasteiger partial charge in [0.2, 0.25) is 5.91 Å². The van der Waals surface area contributed by atoms with Crippen molar-refractivity contribution in [2.75, 3.05) is 0 Å². The van der Waals surface area contributed by atoms with E-state index in [2.05, 4.69) is 15.6 Å². The number of halogens is 1. The van der Waals surface area contributed by atoms with E-state index in [9.17, 15) is 14.0 Å². The Morgan fingerprint density at radius 1 is 1.24 bits per heavy atom. The molecular formula is C18H17FN4O2. The number of carbonyl (C=O) groups is 1. The van der Waals surface area contributed by atoms with Gasteiger partial charge in [0, 0.05) is 0 Å². The highest BCUT2D eigenvalue weighted by molar-refractivity contribution is 5.79. The molecule has 0 aliphatic carbocycles. The maximum absolute atomic E-state index is 13.8. The number of nitrogens with one attached hydrogen (secondary N) is 1. The van der Waals surface area contributed by atoms with Gasteiger partial charge in [0.25, 0.3) is 5.56 Å². The van der Waals surface area contributed by atoms with Crippen molar-refractivity contribution in [3.63, 3.8) is 0 Å². The number of aromatic nitrogens is 3. The monoisotopic (exact) mass is 340 g/mol. The Hall–Kier alpha value is -3.09. The minimum atomic E-state index is -0.681. The maximum atomic E-state index is 13.8. The van der Waals surface area contributed by atoms with Gasteiger partial charge in [-0.3, -0.25) is 9.59 Å². The SMILES string of the molecule is Cc1ccc([C@H](C)NC(=O)Cn2nnc3cccc(F)c3c2=O)cc1. The van der Waals surface area contributed by atoms with Crippen molar-refractivity contribution in [1.82, 2.24) is 20.3 Å². The molecule has 1 N–H and O–H groups in total. The minimum absolute atomic E-state index is 0.162. The molecule has 2 aromatic carbocycles. The average Bonchev–Trinajstić information content (AvgIpc) is 2.58. The molecule has 0 bridgehead atoms. The van der Waals surface area contributed by atoms with Gasteiger partial charge in [-0.25, -0.2) is 9.07 Å². The Labute approximate surface area is 143 Å². The van der Waals surface area contributed by atoms with E-state index in [0.717, 1.165) is 15.8 Å².